The van der Waals surface area contributed by atoms with Gasteiger partial charge in [-0.2, -0.15) is 0 Å². The second-order valence-corrected chi connectivity index (χ2v) is 6.92. The van der Waals surface area contributed by atoms with Crippen LogP contribution < -0.4 is 20.1 Å². The maximum atomic E-state index is 12.4. The number of para-hydroxylation sites is 1. The topological polar surface area (TPSA) is 85.9 Å². The zero-order valence-corrected chi connectivity index (χ0v) is 18.2. The number of carbonyl (C=O) groups is 2. The highest BCUT2D eigenvalue weighted by Crippen LogP contribution is 2.14. The van der Waals surface area contributed by atoms with E-state index in [0.29, 0.717) is 35.8 Å². The molecule has 164 valence electrons. The monoisotopic (exact) mass is 450 g/mol. The molecular formula is C24H22N2O5S. The van der Waals surface area contributed by atoms with E-state index in [1.807, 2.05) is 30.3 Å². The van der Waals surface area contributed by atoms with Crippen LogP contribution >= 0.6 is 12.2 Å². The van der Waals surface area contributed by atoms with Gasteiger partial charge in [-0.3, -0.25) is 10.1 Å². The number of thiocarbonyl (C=S) groups is 1. The minimum Gasteiger partial charge on any atom is -0.490 e. The Kier molecular flexibility index (Phi) is 8.16. The van der Waals surface area contributed by atoms with Crippen molar-refractivity contribution >= 4 is 34.9 Å². The predicted octanol–water partition coefficient (Wildman–Crippen LogP) is 4.06. The average molecular weight is 451 g/mol. The first-order chi connectivity index (χ1) is 15.5. The van der Waals surface area contributed by atoms with Crippen molar-refractivity contribution in [2.45, 2.75) is 0 Å². The molecule has 0 saturated heterocycles. The van der Waals surface area contributed by atoms with Gasteiger partial charge in [0.15, 0.2) is 5.11 Å². The van der Waals surface area contributed by atoms with Gasteiger partial charge in [0, 0.05) is 11.3 Å². The molecule has 0 saturated carbocycles. The van der Waals surface area contributed by atoms with Crippen LogP contribution in [0.15, 0.2) is 78.9 Å². The fourth-order valence-corrected chi connectivity index (χ4v) is 2.89. The van der Waals surface area contributed by atoms with Crippen molar-refractivity contribution in [3.63, 3.8) is 0 Å². The lowest BCUT2D eigenvalue weighted by molar-refractivity contribution is 0.0600. The molecule has 7 nitrogen and oxygen atoms in total. The predicted molar refractivity (Wildman–Crippen MR) is 125 cm³/mol. The maximum absolute atomic E-state index is 12.4. The number of methoxy groups -OCH3 is 1. The van der Waals surface area contributed by atoms with Crippen LogP contribution in [0.1, 0.15) is 20.7 Å². The van der Waals surface area contributed by atoms with Gasteiger partial charge in [0.05, 0.1) is 12.7 Å². The van der Waals surface area contributed by atoms with Crippen LogP contribution in [0.4, 0.5) is 5.69 Å². The Morgan fingerprint density at radius 2 is 1.34 bits per heavy atom. The van der Waals surface area contributed by atoms with Crippen molar-refractivity contribution in [2.75, 3.05) is 25.6 Å². The van der Waals surface area contributed by atoms with Gasteiger partial charge in [-0.05, 0) is 72.9 Å². The van der Waals surface area contributed by atoms with Gasteiger partial charge in [0.25, 0.3) is 5.91 Å². The van der Waals surface area contributed by atoms with Crippen molar-refractivity contribution in [3.05, 3.63) is 90.0 Å². The summed E-state index contributed by atoms with van der Waals surface area (Å²) in [6.07, 6.45) is 0. The van der Waals surface area contributed by atoms with E-state index in [0.717, 1.165) is 5.75 Å². The van der Waals surface area contributed by atoms with Crippen LogP contribution in [0, 0.1) is 0 Å². The number of carbonyl (C=O) groups excluding carboxylic acids is 2. The highest BCUT2D eigenvalue weighted by atomic mass is 32.1. The van der Waals surface area contributed by atoms with Crippen molar-refractivity contribution < 1.29 is 23.8 Å². The van der Waals surface area contributed by atoms with Gasteiger partial charge in [-0.15, -0.1) is 0 Å². The molecule has 0 bridgehead atoms. The van der Waals surface area contributed by atoms with E-state index in [2.05, 4.69) is 15.4 Å². The lowest BCUT2D eigenvalue weighted by atomic mass is 10.2. The lowest BCUT2D eigenvalue weighted by Crippen LogP contribution is -2.34. The molecule has 8 heteroatoms. The molecule has 3 aromatic rings. The number of rotatable bonds is 8. The summed E-state index contributed by atoms with van der Waals surface area (Å²) in [5.41, 5.74) is 1.48. The number of hydrogen-bond acceptors (Lipinski definition) is 6. The van der Waals surface area contributed by atoms with Crippen LogP contribution in [-0.4, -0.2) is 37.3 Å². The van der Waals surface area contributed by atoms with Crippen LogP contribution in [0.5, 0.6) is 11.5 Å². The molecule has 0 aliphatic rings. The highest BCUT2D eigenvalue weighted by Gasteiger charge is 2.09. The van der Waals surface area contributed by atoms with E-state index < -0.39 is 5.97 Å². The zero-order chi connectivity index (χ0) is 22.8. The number of nitrogens with one attached hydrogen (secondary N) is 2. The summed E-state index contributed by atoms with van der Waals surface area (Å²) in [5, 5.41) is 5.65. The fraction of sp³-hybridized carbons (Fsp3) is 0.125. The number of hydrogen-bond donors (Lipinski definition) is 2. The van der Waals surface area contributed by atoms with Crippen LogP contribution in [-0.2, 0) is 4.74 Å². The molecule has 0 aromatic heterocycles. The Bertz CT molecular complexity index is 1050. The first-order valence-corrected chi connectivity index (χ1v) is 10.2. The minimum atomic E-state index is -0.427. The maximum Gasteiger partial charge on any atom is 0.337 e. The number of ether oxygens (including phenoxy) is 3. The van der Waals surface area contributed by atoms with Crippen molar-refractivity contribution in [1.29, 1.82) is 0 Å². The molecule has 0 aliphatic carbocycles. The fourth-order valence-electron chi connectivity index (χ4n) is 2.68. The summed E-state index contributed by atoms with van der Waals surface area (Å²) in [7, 11) is 1.32. The van der Waals surface area contributed by atoms with E-state index in [9.17, 15) is 9.59 Å². The highest BCUT2D eigenvalue weighted by molar-refractivity contribution is 7.80. The van der Waals surface area contributed by atoms with Crippen molar-refractivity contribution in [2.24, 2.45) is 0 Å². The normalized spacial score (nSPS) is 10.0. The van der Waals surface area contributed by atoms with E-state index in [4.69, 9.17) is 21.7 Å². The summed E-state index contributed by atoms with van der Waals surface area (Å²) < 4.78 is 15.9. The number of amides is 1. The molecule has 0 fully saturated rings. The standard InChI is InChI=1S/C24H22N2O5S/c1-29-23(28)18-7-11-19(12-8-18)25-24(32)26-22(27)17-9-13-21(14-10-17)31-16-15-30-20-5-3-2-4-6-20/h2-14H,15-16H2,1H3,(H2,25,26,27,32). The largest absolute Gasteiger partial charge is 0.490 e. The van der Waals surface area contributed by atoms with Crippen molar-refractivity contribution in [1.82, 2.24) is 5.32 Å². The smallest absolute Gasteiger partial charge is 0.337 e. The van der Waals surface area contributed by atoms with Crippen molar-refractivity contribution in [3.8, 4) is 11.5 Å². The van der Waals surface area contributed by atoms with Gasteiger partial charge in [-0.25, -0.2) is 4.79 Å². The summed E-state index contributed by atoms with van der Waals surface area (Å²) in [6.45, 7) is 0.788. The van der Waals surface area contributed by atoms with E-state index >= 15 is 0 Å². The number of benzene rings is 3. The molecular weight excluding hydrogens is 428 g/mol. The Morgan fingerprint density at radius 1 is 0.781 bits per heavy atom. The molecule has 0 atom stereocenters. The van der Waals surface area contributed by atoms with Gasteiger partial charge in [0.2, 0.25) is 0 Å². The van der Waals surface area contributed by atoms with E-state index in [1.54, 1.807) is 48.5 Å². The Labute approximate surface area is 191 Å². The summed E-state index contributed by atoms with van der Waals surface area (Å²) in [6, 6.07) is 22.7. The summed E-state index contributed by atoms with van der Waals surface area (Å²) >= 11 is 5.18. The van der Waals surface area contributed by atoms with Gasteiger partial charge >= 0.3 is 5.97 Å². The van der Waals surface area contributed by atoms with Gasteiger partial charge < -0.3 is 19.5 Å². The van der Waals surface area contributed by atoms with Crippen LogP contribution in [0.2, 0.25) is 0 Å². The first kappa shape index (κ1) is 22.8. The molecule has 0 unspecified atom stereocenters. The molecule has 0 heterocycles. The Balaban J connectivity index is 1.43. The molecule has 0 aliphatic heterocycles. The molecule has 32 heavy (non-hydrogen) atoms. The van der Waals surface area contributed by atoms with E-state index in [-0.39, 0.29) is 11.0 Å². The van der Waals surface area contributed by atoms with Crippen LogP contribution in [0.3, 0.4) is 0 Å². The number of esters is 1. The van der Waals surface area contributed by atoms with E-state index in [1.165, 1.54) is 7.11 Å². The molecule has 0 radical (unpaired) electrons. The second-order valence-electron chi connectivity index (χ2n) is 6.51. The van der Waals surface area contributed by atoms with Gasteiger partial charge in [0.1, 0.15) is 24.7 Å². The summed E-state index contributed by atoms with van der Waals surface area (Å²) in [5.74, 6) is 0.632. The molecule has 3 rings (SSSR count). The third kappa shape index (κ3) is 6.82. The molecule has 0 spiro atoms. The minimum absolute atomic E-state index is 0.138. The molecule has 3 aromatic carbocycles. The molecule has 2 N–H and O–H groups in total. The SMILES string of the molecule is COC(=O)c1ccc(NC(=S)NC(=O)c2ccc(OCCOc3ccccc3)cc2)cc1. The Hall–Kier alpha value is -3.91. The average Bonchev–Trinajstić information content (AvgIpc) is 2.82. The molecule has 1 amide bonds. The quantitative estimate of drug-likeness (QED) is 0.304. The zero-order valence-electron chi connectivity index (χ0n) is 17.4. The summed E-state index contributed by atoms with van der Waals surface area (Å²) in [4.78, 5) is 23.9. The Morgan fingerprint density at radius 3 is 1.94 bits per heavy atom. The van der Waals surface area contributed by atoms with Gasteiger partial charge in [-0.1, -0.05) is 18.2 Å². The second kappa shape index (κ2) is 11.5. The third-order valence-electron chi connectivity index (χ3n) is 4.27. The van der Waals surface area contributed by atoms with Crippen LogP contribution in [0.25, 0.3) is 0 Å². The lowest BCUT2D eigenvalue weighted by Gasteiger charge is -2.11. The third-order valence-corrected chi connectivity index (χ3v) is 4.48. The number of anilines is 1. The first-order valence-electron chi connectivity index (χ1n) is 9.76.